The minimum atomic E-state index is -1.09. The van der Waals surface area contributed by atoms with Crippen molar-refractivity contribution in [2.75, 3.05) is 0 Å². The van der Waals surface area contributed by atoms with Crippen LogP contribution in [0.15, 0.2) is 24.3 Å². The summed E-state index contributed by atoms with van der Waals surface area (Å²) in [5.41, 5.74) is 6.07. The molecule has 2 aromatic rings. The lowest BCUT2D eigenvalue weighted by Gasteiger charge is -1.90. The fourth-order valence-electron chi connectivity index (χ4n) is 1.65. The number of aromatic nitrogens is 1. The van der Waals surface area contributed by atoms with Gasteiger partial charge in [0, 0.05) is 10.9 Å². The Morgan fingerprint density at radius 1 is 1.33 bits per heavy atom. The summed E-state index contributed by atoms with van der Waals surface area (Å²) in [6.07, 6.45) is -0.0986. The second-order valence-corrected chi connectivity index (χ2v) is 3.67. The predicted octanol–water partition coefficient (Wildman–Crippen LogP) is 1.09. The van der Waals surface area contributed by atoms with Crippen LogP contribution in [0.25, 0.3) is 10.9 Å². The van der Waals surface area contributed by atoms with Crippen molar-refractivity contribution in [1.29, 1.82) is 0 Å². The van der Waals surface area contributed by atoms with E-state index < -0.39 is 11.9 Å². The maximum absolute atomic E-state index is 11.1. The lowest BCUT2D eigenvalue weighted by atomic mass is 10.1. The Morgan fingerprint density at radius 2 is 2.06 bits per heavy atom. The summed E-state index contributed by atoms with van der Waals surface area (Å²) in [5, 5.41) is 9.80. The Morgan fingerprint density at radius 3 is 2.72 bits per heavy atom. The number of para-hydroxylation sites is 1. The van der Waals surface area contributed by atoms with Crippen LogP contribution in [-0.4, -0.2) is 22.0 Å². The average molecular weight is 242 g/mol. The van der Waals surface area contributed by atoms with Gasteiger partial charge in [-0.15, -0.1) is 0 Å². The Labute approximate surface area is 103 Å². The number of carbonyl (C=O) groups excluding carboxylic acids is 1. The smallest absolute Gasteiger partial charge is 0.353 e. The van der Waals surface area contributed by atoms with Crippen molar-refractivity contribution in [3.8, 4) is 11.8 Å². The van der Waals surface area contributed by atoms with Crippen LogP contribution in [0.3, 0.4) is 0 Å². The van der Waals surface area contributed by atoms with E-state index >= 15 is 0 Å². The number of nitrogens with two attached hydrogens (primary N) is 1. The summed E-state index contributed by atoms with van der Waals surface area (Å²) < 4.78 is 0. The summed E-state index contributed by atoms with van der Waals surface area (Å²) in [6, 6.07) is 7.12. The first-order chi connectivity index (χ1) is 8.59. The van der Waals surface area contributed by atoms with Gasteiger partial charge in [0.2, 0.25) is 5.91 Å². The standard InChI is InChI=1S/C13H10N2O3/c14-11(16)7-3-5-9-8-4-1-2-6-10(8)15-12(9)13(17)18/h1-2,4,6,15H,7H2,(H2,14,16)(H,17,18). The van der Waals surface area contributed by atoms with Gasteiger partial charge in [0.25, 0.3) is 0 Å². The molecule has 0 saturated carbocycles. The number of fused-ring (bicyclic) bond motifs is 1. The van der Waals surface area contributed by atoms with E-state index in [1.54, 1.807) is 24.3 Å². The molecule has 0 radical (unpaired) electrons. The molecule has 0 aliphatic carbocycles. The normalized spacial score (nSPS) is 9.78. The third-order valence-corrected chi connectivity index (χ3v) is 2.40. The van der Waals surface area contributed by atoms with E-state index in [1.165, 1.54) is 0 Å². The van der Waals surface area contributed by atoms with Gasteiger partial charge in [-0.05, 0) is 6.07 Å². The van der Waals surface area contributed by atoms with Gasteiger partial charge in [-0.3, -0.25) is 4.79 Å². The second-order valence-electron chi connectivity index (χ2n) is 3.67. The highest BCUT2D eigenvalue weighted by atomic mass is 16.4. The molecule has 18 heavy (non-hydrogen) atoms. The molecule has 0 bridgehead atoms. The van der Waals surface area contributed by atoms with Crippen molar-refractivity contribution in [2.24, 2.45) is 5.73 Å². The number of hydrogen-bond acceptors (Lipinski definition) is 2. The molecule has 0 aliphatic rings. The summed E-state index contributed by atoms with van der Waals surface area (Å²) in [7, 11) is 0. The van der Waals surface area contributed by atoms with Gasteiger partial charge >= 0.3 is 5.97 Å². The third kappa shape index (κ3) is 2.18. The minimum Gasteiger partial charge on any atom is -0.477 e. The zero-order valence-electron chi connectivity index (χ0n) is 9.36. The fourth-order valence-corrected chi connectivity index (χ4v) is 1.65. The van der Waals surface area contributed by atoms with E-state index in [4.69, 9.17) is 10.8 Å². The van der Waals surface area contributed by atoms with Crippen LogP contribution < -0.4 is 5.73 Å². The van der Waals surface area contributed by atoms with E-state index in [9.17, 15) is 9.59 Å². The predicted molar refractivity (Wildman–Crippen MR) is 65.9 cm³/mol. The molecule has 0 atom stereocenters. The molecule has 0 fully saturated rings. The van der Waals surface area contributed by atoms with Crippen LogP contribution in [0.4, 0.5) is 0 Å². The molecule has 1 aromatic heterocycles. The number of nitrogens with one attached hydrogen (secondary N) is 1. The molecular formula is C13H10N2O3. The lowest BCUT2D eigenvalue weighted by Crippen LogP contribution is -2.08. The van der Waals surface area contributed by atoms with Gasteiger partial charge in [0.1, 0.15) is 5.69 Å². The molecule has 1 amide bonds. The Bertz CT molecular complexity index is 689. The molecule has 2 rings (SSSR count). The highest BCUT2D eigenvalue weighted by molar-refractivity contribution is 5.99. The van der Waals surface area contributed by atoms with Crippen molar-refractivity contribution < 1.29 is 14.7 Å². The molecule has 1 heterocycles. The minimum absolute atomic E-state index is 0.0215. The number of amides is 1. The molecule has 90 valence electrons. The van der Waals surface area contributed by atoms with Crippen LogP contribution in [0.5, 0.6) is 0 Å². The number of rotatable bonds is 2. The first-order valence-electron chi connectivity index (χ1n) is 5.20. The van der Waals surface area contributed by atoms with Gasteiger partial charge in [0.15, 0.2) is 0 Å². The van der Waals surface area contributed by atoms with Gasteiger partial charge in [-0.25, -0.2) is 4.79 Å². The molecule has 0 saturated heterocycles. The van der Waals surface area contributed by atoms with Crippen molar-refractivity contribution in [3.63, 3.8) is 0 Å². The van der Waals surface area contributed by atoms with Gasteiger partial charge in [-0.2, -0.15) is 0 Å². The highest BCUT2D eigenvalue weighted by Crippen LogP contribution is 2.21. The van der Waals surface area contributed by atoms with Crippen molar-refractivity contribution in [2.45, 2.75) is 6.42 Å². The Kier molecular flexibility index (Phi) is 3.02. The van der Waals surface area contributed by atoms with Gasteiger partial charge in [0.05, 0.1) is 12.0 Å². The molecule has 0 unspecified atom stereocenters. The number of primary amides is 1. The SMILES string of the molecule is NC(=O)CC#Cc1c(C(=O)O)[nH]c2ccccc12. The van der Waals surface area contributed by atoms with Crippen LogP contribution in [-0.2, 0) is 4.79 Å². The van der Waals surface area contributed by atoms with Crippen molar-refractivity contribution in [1.82, 2.24) is 4.98 Å². The Balaban J connectivity index is 2.57. The molecule has 0 spiro atoms. The molecule has 5 heteroatoms. The highest BCUT2D eigenvalue weighted by Gasteiger charge is 2.14. The molecule has 4 N–H and O–H groups in total. The number of benzene rings is 1. The molecule has 5 nitrogen and oxygen atoms in total. The first kappa shape index (κ1) is 11.7. The Hall–Kier alpha value is -2.74. The second kappa shape index (κ2) is 4.63. The number of carboxylic acid groups (broad SMARTS) is 1. The summed E-state index contributed by atoms with van der Waals surface area (Å²) in [6.45, 7) is 0. The monoisotopic (exact) mass is 242 g/mol. The average Bonchev–Trinajstić information content (AvgIpc) is 2.68. The number of aromatic amines is 1. The summed E-state index contributed by atoms with van der Waals surface area (Å²) in [4.78, 5) is 24.5. The van der Waals surface area contributed by atoms with E-state index in [0.717, 1.165) is 0 Å². The molecular weight excluding hydrogens is 232 g/mol. The van der Waals surface area contributed by atoms with E-state index in [0.29, 0.717) is 16.5 Å². The lowest BCUT2D eigenvalue weighted by molar-refractivity contribution is -0.117. The summed E-state index contributed by atoms with van der Waals surface area (Å²) >= 11 is 0. The van der Waals surface area contributed by atoms with Crippen LogP contribution >= 0.6 is 0 Å². The van der Waals surface area contributed by atoms with Crippen molar-refractivity contribution in [3.05, 3.63) is 35.5 Å². The maximum Gasteiger partial charge on any atom is 0.353 e. The van der Waals surface area contributed by atoms with Crippen LogP contribution in [0.1, 0.15) is 22.5 Å². The fraction of sp³-hybridized carbons (Fsp3) is 0.0769. The number of H-pyrrole nitrogens is 1. The van der Waals surface area contributed by atoms with Gasteiger partial charge in [-0.1, -0.05) is 30.0 Å². The molecule has 1 aromatic carbocycles. The van der Waals surface area contributed by atoms with E-state index in [-0.39, 0.29) is 12.1 Å². The van der Waals surface area contributed by atoms with Gasteiger partial charge < -0.3 is 15.8 Å². The molecule has 0 aliphatic heterocycles. The van der Waals surface area contributed by atoms with E-state index in [2.05, 4.69) is 16.8 Å². The first-order valence-corrected chi connectivity index (χ1v) is 5.20. The quantitative estimate of drug-likeness (QED) is 0.688. The number of carboxylic acids is 1. The zero-order valence-corrected chi connectivity index (χ0v) is 9.36. The third-order valence-electron chi connectivity index (χ3n) is 2.40. The summed E-state index contributed by atoms with van der Waals surface area (Å²) in [5.74, 6) is 3.62. The maximum atomic E-state index is 11.1. The zero-order chi connectivity index (χ0) is 13.1. The number of carbonyl (C=O) groups is 2. The van der Waals surface area contributed by atoms with Crippen LogP contribution in [0.2, 0.25) is 0 Å². The van der Waals surface area contributed by atoms with Crippen LogP contribution in [0, 0.1) is 11.8 Å². The topological polar surface area (TPSA) is 96.2 Å². The number of aromatic carboxylic acids is 1. The van der Waals surface area contributed by atoms with Crippen molar-refractivity contribution >= 4 is 22.8 Å². The largest absolute Gasteiger partial charge is 0.477 e. The number of hydrogen-bond donors (Lipinski definition) is 3. The van der Waals surface area contributed by atoms with E-state index in [1.807, 2.05) is 0 Å².